The number of ether oxygens (including phenoxy) is 2. The molecule has 0 bridgehead atoms. The summed E-state index contributed by atoms with van der Waals surface area (Å²) in [6, 6.07) is 0. The van der Waals surface area contributed by atoms with Gasteiger partial charge in [0.05, 0.1) is 18.3 Å². The van der Waals surface area contributed by atoms with Crippen LogP contribution in [0.15, 0.2) is 0 Å². The van der Waals surface area contributed by atoms with Crippen LogP contribution in [0.2, 0.25) is 0 Å². The molecule has 0 spiro atoms. The summed E-state index contributed by atoms with van der Waals surface area (Å²) in [5.74, 6) is 0.928. The molecular formula is C13H25IO2. The van der Waals surface area contributed by atoms with Crippen LogP contribution in [0.25, 0.3) is 0 Å². The predicted octanol–water partition coefficient (Wildman–Crippen LogP) is 3.81. The second-order valence-corrected chi connectivity index (χ2v) is 5.81. The van der Waals surface area contributed by atoms with E-state index in [0.717, 1.165) is 10.3 Å². The lowest BCUT2D eigenvalue weighted by Gasteiger charge is -2.40. The highest BCUT2D eigenvalue weighted by molar-refractivity contribution is 14.1. The molecule has 1 saturated carbocycles. The maximum atomic E-state index is 6.23. The van der Waals surface area contributed by atoms with E-state index < -0.39 is 0 Å². The molecule has 0 heterocycles. The van der Waals surface area contributed by atoms with E-state index in [9.17, 15) is 0 Å². The van der Waals surface area contributed by atoms with Gasteiger partial charge in [-0.2, -0.15) is 0 Å². The van der Waals surface area contributed by atoms with Crippen LogP contribution >= 0.6 is 22.6 Å². The Morgan fingerprint density at radius 3 is 2.44 bits per heavy atom. The Balaban J connectivity index is 2.45. The fourth-order valence-electron chi connectivity index (χ4n) is 2.59. The van der Waals surface area contributed by atoms with Gasteiger partial charge in [0.1, 0.15) is 0 Å². The van der Waals surface area contributed by atoms with Crippen molar-refractivity contribution in [1.29, 1.82) is 0 Å². The topological polar surface area (TPSA) is 18.5 Å². The summed E-state index contributed by atoms with van der Waals surface area (Å²) in [5.41, 5.74) is 0.129. The normalized spacial score (nSPS) is 32.6. The number of hydrogen-bond acceptors (Lipinski definition) is 2. The predicted molar refractivity (Wildman–Crippen MR) is 76.3 cm³/mol. The van der Waals surface area contributed by atoms with Crippen molar-refractivity contribution in [2.24, 2.45) is 5.92 Å². The van der Waals surface area contributed by atoms with Crippen molar-refractivity contribution < 1.29 is 9.47 Å². The molecular weight excluding hydrogens is 315 g/mol. The molecule has 0 radical (unpaired) electrons. The number of alkyl halides is 1. The molecule has 1 aliphatic carbocycles. The van der Waals surface area contributed by atoms with E-state index >= 15 is 0 Å². The molecule has 1 atom stereocenters. The van der Waals surface area contributed by atoms with E-state index in [4.69, 9.17) is 9.47 Å². The third-order valence-electron chi connectivity index (χ3n) is 3.69. The smallest absolute Gasteiger partial charge is 0.0788 e. The van der Waals surface area contributed by atoms with Crippen molar-refractivity contribution in [1.82, 2.24) is 0 Å². The van der Waals surface area contributed by atoms with Crippen LogP contribution in [-0.2, 0) is 9.47 Å². The molecule has 0 aromatic heterocycles. The summed E-state index contributed by atoms with van der Waals surface area (Å²) in [5, 5.41) is 0. The summed E-state index contributed by atoms with van der Waals surface area (Å²) in [6.07, 6.45) is 6.66. The van der Waals surface area contributed by atoms with Gasteiger partial charge < -0.3 is 9.47 Å². The van der Waals surface area contributed by atoms with Gasteiger partial charge in [0.2, 0.25) is 0 Å². The number of rotatable bonds is 6. The zero-order chi connectivity index (χ0) is 12.0. The molecule has 0 saturated heterocycles. The monoisotopic (exact) mass is 340 g/mol. The van der Waals surface area contributed by atoms with Gasteiger partial charge >= 0.3 is 0 Å². The minimum Gasteiger partial charge on any atom is -0.382 e. The van der Waals surface area contributed by atoms with Crippen LogP contribution in [0.4, 0.5) is 0 Å². The molecule has 0 amide bonds. The van der Waals surface area contributed by atoms with E-state index in [1.54, 1.807) is 7.11 Å². The van der Waals surface area contributed by atoms with E-state index in [0.29, 0.717) is 6.61 Å². The van der Waals surface area contributed by atoms with E-state index in [1.807, 2.05) is 0 Å². The molecule has 0 aliphatic heterocycles. The second-order valence-electron chi connectivity index (χ2n) is 5.05. The number of halogens is 1. The minimum absolute atomic E-state index is 0.129. The van der Waals surface area contributed by atoms with Crippen LogP contribution in [0, 0.1) is 5.92 Å². The van der Waals surface area contributed by atoms with Crippen molar-refractivity contribution in [3.8, 4) is 0 Å². The standard InChI is InChI=1S/C13H25IO2/c1-4-12-5-7-13(10-14,8-6-12)16-11(2)9-15-3/h11-12H,4-10H2,1-3H3. The average molecular weight is 340 g/mol. The first-order chi connectivity index (χ1) is 7.65. The maximum absolute atomic E-state index is 6.23. The van der Waals surface area contributed by atoms with Gasteiger partial charge in [-0.05, 0) is 38.5 Å². The summed E-state index contributed by atoms with van der Waals surface area (Å²) < 4.78 is 12.5. The first-order valence-corrected chi connectivity index (χ1v) is 7.91. The van der Waals surface area contributed by atoms with Gasteiger partial charge in [0.15, 0.2) is 0 Å². The first-order valence-electron chi connectivity index (χ1n) is 6.38. The van der Waals surface area contributed by atoms with Crippen LogP contribution in [0.1, 0.15) is 46.0 Å². The zero-order valence-electron chi connectivity index (χ0n) is 10.8. The Hall–Kier alpha value is 0.650. The van der Waals surface area contributed by atoms with Crippen LogP contribution in [-0.4, -0.2) is 29.8 Å². The molecule has 0 aromatic carbocycles. The summed E-state index contributed by atoms with van der Waals surface area (Å²) >= 11 is 2.47. The van der Waals surface area contributed by atoms with E-state index in [-0.39, 0.29) is 11.7 Å². The lowest BCUT2D eigenvalue weighted by molar-refractivity contribution is -0.114. The van der Waals surface area contributed by atoms with Gasteiger partial charge in [-0.1, -0.05) is 35.9 Å². The lowest BCUT2D eigenvalue weighted by Crippen LogP contribution is -2.42. The molecule has 1 aliphatic rings. The van der Waals surface area contributed by atoms with Crippen molar-refractivity contribution in [3.05, 3.63) is 0 Å². The summed E-state index contributed by atoms with van der Waals surface area (Å²) in [6.45, 7) is 5.12. The van der Waals surface area contributed by atoms with E-state index in [1.165, 1.54) is 32.1 Å². The largest absolute Gasteiger partial charge is 0.382 e. The molecule has 2 nitrogen and oxygen atoms in total. The second kappa shape index (κ2) is 7.17. The van der Waals surface area contributed by atoms with Gasteiger partial charge in [-0.15, -0.1) is 0 Å². The number of hydrogen-bond donors (Lipinski definition) is 0. The fraction of sp³-hybridized carbons (Fsp3) is 1.00. The quantitative estimate of drug-likeness (QED) is 0.541. The van der Waals surface area contributed by atoms with Gasteiger partial charge in [-0.25, -0.2) is 0 Å². The summed E-state index contributed by atoms with van der Waals surface area (Å²) in [4.78, 5) is 0. The number of methoxy groups -OCH3 is 1. The van der Waals surface area contributed by atoms with Gasteiger partial charge in [-0.3, -0.25) is 0 Å². The average Bonchev–Trinajstić information content (AvgIpc) is 2.30. The summed E-state index contributed by atoms with van der Waals surface area (Å²) in [7, 11) is 1.74. The molecule has 0 aromatic rings. The highest BCUT2D eigenvalue weighted by Crippen LogP contribution is 2.38. The molecule has 3 heteroatoms. The van der Waals surface area contributed by atoms with Crippen LogP contribution in [0.5, 0.6) is 0 Å². The molecule has 1 fully saturated rings. The third-order valence-corrected chi connectivity index (χ3v) is 5.08. The van der Waals surface area contributed by atoms with E-state index in [2.05, 4.69) is 36.4 Å². The minimum atomic E-state index is 0.129. The van der Waals surface area contributed by atoms with Crippen LogP contribution in [0.3, 0.4) is 0 Å². The SMILES string of the molecule is CCC1CCC(CI)(OC(C)COC)CC1. The van der Waals surface area contributed by atoms with Crippen molar-refractivity contribution in [2.45, 2.75) is 57.7 Å². The van der Waals surface area contributed by atoms with Gasteiger partial charge in [0.25, 0.3) is 0 Å². The fourth-order valence-corrected chi connectivity index (χ4v) is 3.53. The third kappa shape index (κ3) is 4.15. The molecule has 96 valence electrons. The van der Waals surface area contributed by atoms with Crippen molar-refractivity contribution in [2.75, 3.05) is 18.1 Å². The highest BCUT2D eigenvalue weighted by Gasteiger charge is 2.36. The van der Waals surface area contributed by atoms with Crippen molar-refractivity contribution >= 4 is 22.6 Å². The van der Waals surface area contributed by atoms with Gasteiger partial charge in [0, 0.05) is 11.5 Å². The Morgan fingerprint density at radius 1 is 1.38 bits per heavy atom. The Bertz CT molecular complexity index is 188. The highest BCUT2D eigenvalue weighted by atomic mass is 127. The Morgan fingerprint density at radius 2 is 2.00 bits per heavy atom. The molecule has 1 rings (SSSR count). The molecule has 0 N–H and O–H groups in total. The molecule has 16 heavy (non-hydrogen) atoms. The van der Waals surface area contributed by atoms with Crippen LogP contribution < -0.4 is 0 Å². The molecule has 1 unspecified atom stereocenters. The Labute approximate surface area is 114 Å². The first kappa shape index (κ1) is 14.7. The van der Waals surface area contributed by atoms with Crippen molar-refractivity contribution in [3.63, 3.8) is 0 Å². The maximum Gasteiger partial charge on any atom is 0.0788 e. The zero-order valence-corrected chi connectivity index (χ0v) is 13.0. The Kier molecular flexibility index (Phi) is 6.59. The lowest BCUT2D eigenvalue weighted by atomic mass is 9.78.